The molecule has 4 nitrogen and oxygen atoms in total. The van der Waals surface area contributed by atoms with Crippen LogP contribution in [-0.2, 0) is 19.4 Å². The minimum Gasteiger partial charge on any atom is -0.468 e. The zero-order chi connectivity index (χ0) is 14.3. The molecule has 0 saturated heterocycles. The van der Waals surface area contributed by atoms with E-state index in [4.69, 9.17) is 6.42 Å². The maximum atomic E-state index is 12.4. The first kappa shape index (κ1) is 15.3. The molecule has 1 aromatic carbocycles. The number of carbonyl (C=O) groups is 1. The van der Waals surface area contributed by atoms with Gasteiger partial charge in [-0.05, 0) is 25.0 Å². The van der Waals surface area contributed by atoms with Crippen LogP contribution in [0.3, 0.4) is 0 Å². The number of unbranched alkanes of at least 4 members (excludes halogenated alkanes) is 1. The quantitative estimate of drug-likeness (QED) is 0.453. The van der Waals surface area contributed by atoms with Gasteiger partial charge in [0.25, 0.3) is 0 Å². The summed E-state index contributed by atoms with van der Waals surface area (Å²) < 4.78 is 29.3. The number of esters is 1. The number of ether oxygens (including phenoxy) is 1. The van der Waals surface area contributed by atoms with Gasteiger partial charge in [0, 0.05) is 6.42 Å². The molecule has 0 saturated carbocycles. The molecule has 0 N–H and O–H groups in total. The number of rotatable bonds is 6. The lowest BCUT2D eigenvalue weighted by Crippen LogP contribution is -2.31. The lowest BCUT2D eigenvalue weighted by atomic mass is 10.2. The summed E-state index contributed by atoms with van der Waals surface area (Å²) in [6.07, 6.45) is 6.18. The molecule has 0 amide bonds. The van der Waals surface area contributed by atoms with Gasteiger partial charge in [0.15, 0.2) is 15.1 Å². The molecule has 0 aromatic heterocycles. The summed E-state index contributed by atoms with van der Waals surface area (Å²) in [4.78, 5) is 11.8. The van der Waals surface area contributed by atoms with Crippen molar-refractivity contribution in [3.8, 4) is 12.3 Å². The van der Waals surface area contributed by atoms with E-state index < -0.39 is 21.1 Å². The molecular formula is C14H16O4S. The first-order valence-electron chi connectivity index (χ1n) is 5.84. The Hall–Kier alpha value is -1.80. The van der Waals surface area contributed by atoms with Gasteiger partial charge in [-0.25, -0.2) is 8.42 Å². The number of hydrogen-bond donors (Lipinski definition) is 0. The van der Waals surface area contributed by atoms with Gasteiger partial charge in [0.05, 0.1) is 12.0 Å². The zero-order valence-electron chi connectivity index (χ0n) is 10.7. The third-order valence-corrected chi connectivity index (χ3v) is 4.80. The molecular weight excluding hydrogens is 264 g/mol. The monoisotopic (exact) mass is 280 g/mol. The fraction of sp³-hybridized carbons (Fsp3) is 0.357. The van der Waals surface area contributed by atoms with E-state index >= 15 is 0 Å². The van der Waals surface area contributed by atoms with Gasteiger partial charge < -0.3 is 4.74 Å². The molecule has 1 rings (SSSR count). The maximum Gasteiger partial charge on any atom is 0.324 e. The van der Waals surface area contributed by atoms with Crippen LogP contribution >= 0.6 is 0 Å². The van der Waals surface area contributed by atoms with Crippen LogP contribution in [0.2, 0.25) is 0 Å². The van der Waals surface area contributed by atoms with E-state index in [9.17, 15) is 13.2 Å². The van der Waals surface area contributed by atoms with Crippen molar-refractivity contribution in [2.75, 3.05) is 7.11 Å². The third kappa shape index (κ3) is 3.83. The third-order valence-electron chi connectivity index (χ3n) is 2.70. The number of methoxy groups -OCH3 is 1. The lowest BCUT2D eigenvalue weighted by molar-refractivity contribution is -0.140. The SMILES string of the molecule is C#CCCCC(C(=O)OC)S(=O)(=O)c1ccccc1. The van der Waals surface area contributed by atoms with Crippen LogP contribution in [0.5, 0.6) is 0 Å². The van der Waals surface area contributed by atoms with Crippen LogP contribution in [0.4, 0.5) is 0 Å². The molecule has 0 heterocycles. The summed E-state index contributed by atoms with van der Waals surface area (Å²) >= 11 is 0. The standard InChI is InChI=1S/C14H16O4S/c1-3-4-6-11-13(14(15)18-2)19(16,17)12-9-7-5-8-10-12/h1,5,7-10,13H,4,6,11H2,2H3. The number of hydrogen-bond acceptors (Lipinski definition) is 4. The highest BCUT2D eigenvalue weighted by molar-refractivity contribution is 7.92. The highest BCUT2D eigenvalue weighted by atomic mass is 32.2. The molecule has 1 unspecified atom stereocenters. The summed E-state index contributed by atoms with van der Waals surface area (Å²) in [5, 5.41) is -1.20. The highest BCUT2D eigenvalue weighted by Crippen LogP contribution is 2.21. The Morgan fingerprint density at radius 2 is 2.00 bits per heavy atom. The fourth-order valence-electron chi connectivity index (χ4n) is 1.70. The molecule has 0 spiro atoms. The predicted octanol–water partition coefficient (Wildman–Crippen LogP) is 1.81. The van der Waals surface area contributed by atoms with E-state index in [0.717, 1.165) is 0 Å². The van der Waals surface area contributed by atoms with E-state index in [1.165, 1.54) is 19.2 Å². The molecule has 102 valence electrons. The van der Waals surface area contributed by atoms with Crippen molar-refractivity contribution < 1.29 is 17.9 Å². The molecule has 1 aromatic rings. The molecule has 19 heavy (non-hydrogen) atoms. The minimum atomic E-state index is -3.74. The van der Waals surface area contributed by atoms with Crippen LogP contribution in [0.1, 0.15) is 19.3 Å². The molecule has 0 aliphatic heterocycles. The van der Waals surface area contributed by atoms with Crippen molar-refractivity contribution in [2.24, 2.45) is 0 Å². The first-order chi connectivity index (χ1) is 9.04. The van der Waals surface area contributed by atoms with Gasteiger partial charge in [0.1, 0.15) is 0 Å². The second kappa shape index (κ2) is 6.95. The molecule has 0 fully saturated rings. The topological polar surface area (TPSA) is 60.4 Å². The normalized spacial score (nSPS) is 12.4. The van der Waals surface area contributed by atoms with E-state index in [1.807, 2.05) is 0 Å². The minimum absolute atomic E-state index is 0.117. The van der Waals surface area contributed by atoms with E-state index in [-0.39, 0.29) is 11.3 Å². The van der Waals surface area contributed by atoms with Gasteiger partial charge in [-0.3, -0.25) is 4.79 Å². The van der Waals surface area contributed by atoms with E-state index in [0.29, 0.717) is 12.8 Å². The van der Waals surface area contributed by atoms with Crippen LogP contribution in [0.15, 0.2) is 35.2 Å². The van der Waals surface area contributed by atoms with Crippen molar-refractivity contribution in [1.82, 2.24) is 0 Å². The molecule has 1 atom stereocenters. The molecule has 0 aliphatic carbocycles. The fourth-order valence-corrected chi connectivity index (χ4v) is 3.39. The van der Waals surface area contributed by atoms with Gasteiger partial charge >= 0.3 is 5.97 Å². The average Bonchev–Trinajstić information content (AvgIpc) is 2.43. The van der Waals surface area contributed by atoms with Crippen molar-refractivity contribution >= 4 is 15.8 Å². The number of benzene rings is 1. The van der Waals surface area contributed by atoms with Crippen LogP contribution in [0, 0.1) is 12.3 Å². The van der Waals surface area contributed by atoms with Crippen LogP contribution < -0.4 is 0 Å². The summed E-state index contributed by atoms with van der Waals surface area (Å²) in [6, 6.07) is 7.87. The van der Waals surface area contributed by atoms with Crippen molar-refractivity contribution in [2.45, 2.75) is 29.4 Å². The average molecular weight is 280 g/mol. The molecule has 0 aliphatic rings. The van der Waals surface area contributed by atoms with Gasteiger partial charge in [0.2, 0.25) is 0 Å². The van der Waals surface area contributed by atoms with Gasteiger partial charge in [-0.15, -0.1) is 12.3 Å². The summed E-state index contributed by atoms with van der Waals surface area (Å²) in [7, 11) is -2.56. The zero-order valence-corrected chi connectivity index (χ0v) is 11.5. The van der Waals surface area contributed by atoms with Crippen LogP contribution in [-0.4, -0.2) is 26.7 Å². The summed E-state index contributed by atoms with van der Waals surface area (Å²) in [5.74, 6) is 1.68. The predicted molar refractivity (Wildman–Crippen MR) is 72.1 cm³/mol. The smallest absolute Gasteiger partial charge is 0.324 e. The number of terminal acetylenes is 1. The second-order valence-electron chi connectivity index (χ2n) is 3.97. The Bertz CT molecular complexity index is 555. The largest absolute Gasteiger partial charge is 0.468 e. The van der Waals surface area contributed by atoms with Crippen molar-refractivity contribution in [3.05, 3.63) is 30.3 Å². The lowest BCUT2D eigenvalue weighted by Gasteiger charge is -2.15. The van der Waals surface area contributed by atoms with Crippen molar-refractivity contribution in [1.29, 1.82) is 0 Å². The molecule has 0 bridgehead atoms. The van der Waals surface area contributed by atoms with E-state index in [1.54, 1.807) is 18.2 Å². The summed E-state index contributed by atoms with van der Waals surface area (Å²) in [5.41, 5.74) is 0. The first-order valence-corrected chi connectivity index (χ1v) is 7.39. The molecule has 0 radical (unpaired) electrons. The van der Waals surface area contributed by atoms with Gasteiger partial charge in [-0.1, -0.05) is 18.2 Å². The Morgan fingerprint density at radius 3 is 2.53 bits per heavy atom. The van der Waals surface area contributed by atoms with Gasteiger partial charge in [-0.2, -0.15) is 0 Å². The van der Waals surface area contributed by atoms with Crippen LogP contribution in [0.25, 0.3) is 0 Å². The summed E-state index contributed by atoms with van der Waals surface area (Å²) in [6.45, 7) is 0. The Labute approximate surface area is 113 Å². The Morgan fingerprint density at radius 1 is 1.37 bits per heavy atom. The van der Waals surface area contributed by atoms with E-state index in [2.05, 4.69) is 10.7 Å². The number of sulfone groups is 1. The Kier molecular flexibility index (Phi) is 5.58. The highest BCUT2D eigenvalue weighted by Gasteiger charge is 2.34. The Balaban J connectivity index is 3.03. The number of carbonyl (C=O) groups excluding carboxylic acids is 1. The second-order valence-corrected chi connectivity index (χ2v) is 6.10. The maximum absolute atomic E-state index is 12.4. The van der Waals surface area contributed by atoms with Crippen molar-refractivity contribution in [3.63, 3.8) is 0 Å². The molecule has 5 heteroatoms.